The number of nitrogens with two attached hydrogens (primary N) is 1. The molecule has 0 spiro atoms. The quantitative estimate of drug-likeness (QED) is 0.554. The Kier molecular flexibility index (Phi) is 5.45. The van der Waals surface area contributed by atoms with E-state index in [0.29, 0.717) is 6.61 Å². The van der Waals surface area contributed by atoms with Crippen LogP contribution in [-0.2, 0) is 4.79 Å². The lowest BCUT2D eigenvalue weighted by molar-refractivity contribution is -0.134. The summed E-state index contributed by atoms with van der Waals surface area (Å²) in [6.07, 6.45) is 3.87. The number of ketones is 1. The highest BCUT2D eigenvalue weighted by Crippen LogP contribution is 2.33. The topological polar surface area (TPSA) is 75.9 Å². The molecule has 6 nitrogen and oxygen atoms in total. The van der Waals surface area contributed by atoms with Gasteiger partial charge in [0, 0.05) is 50.2 Å². The van der Waals surface area contributed by atoms with Crippen molar-refractivity contribution in [2.75, 3.05) is 39.3 Å². The summed E-state index contributed by atoms with van der Waals surface area (Å²) >= 11 is 0. The van der Waals surface area contributed by atoms with Crippen LogP contribution in [-0.4, -0.2) is 66.9 Å². The predicted octanol–water partition coefficient (Wildman–Crippen LogP) is 1.54. The van der Waals surface area contributed by atoms with Gasteiger partial charge in [-0.15, -0.1) is 0 Å². The Hall–Kier alpha value is -1.92. The second-order valence-corrected chi connectivity index (χ2v) is 8.04. The Morgan fingerprint density at radius 3 is 2.33 bits per heavy atom. The molecule has 1 aromatic rings. The Morgan fingerprint density at radius 2 is 1.74 bits per heavy atom. The summed E-state index contributed by atoms with van der Waals surface area (Å²) in [5.74, 6) is 1.67. The van der Waals surface area contributed by atoms with Gasteiger partial charge in [-0.1, -0.05) is 0 Å². The Labute approximate surface area is 160 Å². The molecule has 2 saturated carbocycles. The zero-order chi connectivity index (χ0) is 18.8. The predicted molar refractivity (Wildman–Crippen MR) is 103 cm³/mol. The average molecular weight is 371 g/mol. The minimum Gasteiger partial charge on any atom is -0.494 e. The third kappa shape index (κ3) is 4.68. The van der Waals surface area contributed by atoms with E-state index in [-0.39, 0.29) is 29.6 Å². The fourth-order valence-corrected chi connectivity index (χ4v) is 3.70. The number of nitrogens with zero attached hydrogens (tertiary/aromatic N) is 2. The molecule has 0 bridgehead atoms. The van der Waals surface area contributed by atoms with Crippen molar-refractivity contribution in [1.29, 1.82) is 0 Å². The van der Waals surface area contributed by atoms with E-state index in [4.69, 9.17) is 10.5 Å². The van der Waals surface area contributed by atoms with Gasteiger partial charge < -0.3 is 15.4 Å². The fraction of sp³-hybridized carbons (Fsp3) is 0.619. The van der Waals surface area contributed by atoms with Crippen LogP contribution in [0.15, 0.2) is 24.3 Å². The minimum absolute atomic E-state index is 0.0795. The normalized spacial score (nSPS) is 25.3. The third-order valence-electron chi connectivity index (χ3n) is 5.82. The summed E-state index contributed by atoms with van der Waals surface area (Å²) in [7, 11) is 0. The first-order valence-electron chi connectivity index (χ1n) is 10.2. The maximum atomic E-state index is 12.2. The van der Waals surface area contributed by atoms with E-state index in [2.05, 4.69) is 4.90 Å². The summed E-state index contributed by atoms with van der Waals surface area (Å²) in [6, 6.07) is 7.62. The number of hydrogen-bond acceptors (Lipinski definition) is 5. The molecular formula is C21H29N3O3. The number of ether oxygens (including phenoxy) is 1. The van der Waals surface area contributed by atoms with E-state index >= 15 is 0 Å². The molecule has 4 rings (SSSR count). The SMILES string of the molecule is N[C@@H]1C[C@@H]1C(=O)N1CCN(CCCOc2ccc(C(=O)C3CC3)cc2)CC1. The lowest BCUT2D eigenvalue weighted by Crippen LogP contribution is -2.49. The number of Topliss-reactive ketones (excluding diaryl/α,β-unsaturated/α-hetero) is 1. The molecule has 3 fully saturated rings. The molecule has 146 valence electrons. The fourth-order valence-electron chi connectivity index (χ4n) is 3.70. The van der Waals surface area contributed by atoms with Gasteiger partial charge in [-0.2, -0.15) is 0 Å². The van der Waals surface area contributed by atoms with Crippen LogP contribution in [0.5, 0.6) is 5.75 Å². The molecule has 1 amide bonds. The molecule has 0 radical (unpaired) electrons. The summed E-state index contributed by atoms with van der Waals surface area (Å²) < 4.78 is 5.80. The highest BCUT2D eigenvalue weighted by molar-refractivity contribution is 5.99. The zero-order valence-electron chi connectivity index (χ0n) is 15.8. The average Bonchev–Trinajstić information content (AvgIpc) is 3.61. The minimum atomic E-state index is 0.0795. The summed E-state index contributed by atoms with van der Waals surface area (Å²) in [4.78, 5) is 28.5. The van der Waals surface area contributed by atoms with E-state index in [0.717, 1.165) is 69.7 Å². The largest absolute Gasteiger partial charge is 0.494 e. The molecule has 1 saturated heterocycles. The second kappa shape index (κ2) is 7.98. The Balaban J connectivity index is 1.12. The first-order valence-corrected chi connectivity index (χ1v) is 10.2. The maximum absolute atomic E-state index is 12.2. The summed E-state index contributed by atoms with van der Waals surface area (Å²) in [5.41, 5.74) is 6.58. The molecule has 2 N–H and O–H groups in total. The first kappa shape index (κ1) is 18.4. The van der Waals surface area contributed by atoms with E-state index in [9.17, 15) is 9.59 Å². The number of benzene rings is 1. The number of carbonyl (C=O) groups is 2. The lowest BCUT2D eigenvalue weighted by Gasteiger charge is -2.34. The van der Waals surface area contributed by atoms with Crippen molar-refractivity contribution in [2.45, 2.75) is 31.7 Å². The Morgan fingerprint density at radius 1 is 1.07 bits per heavy atom. The molecular weight excluding hydrogens is 342 g/mol. The third-order valence-corrected chi connectivity index (χ3v) is 5.82. The van der Waals surface area contributed by atoms with Crippen LogP contribution in [0.25, 0.3) is 0 Å². The number of carbonyl (C=O) groups excluding carboxylic acids is 2. The smallest absolute Gasteiger partial charge is 0.227 e. The van der Waals surface area contributed by atoms with Crippen molar-refractivity contribution in [1.82, 2.24) is 9.80 Å². The van der Waals surface area contributed by atoms with Crippen molar-refractivity contribution in [2.24, 2.45) is 17.6 Å². The lowest BCUT2D eigenvalue weighted by atomic mass is 10.1. The van der Waals surface area contributed by atoms with E-state index in [1.165, 1.54) is 0 Å². The van der Waals surface area contributed by atoms with Gasteiger partial charge in [-0.05, 0) is 49.9 Å². The Bertz CT molecular complexity index is 678. The van der Waals surface area contributed by atoms with Gasteiger partial charge in [0.05, 0.1) is 12.5 Å². The summed E-state index contributed by atoms with van der Waals surface area (Å²) in [6.45, 7) is 5.09. The van der Waals surface area contributed by atoms with Crippen LogP contribution in [0.3, 0.4) is 0 Å². The van der Waals surface area contributed by atoms with Crippen LogP contribution in [0.1, 0.15) is 36.0 Å². The molecule has 6 heteroatoms. The van der Waals surface area contributed by atoms with E-state index in [1.807, 2.05) is 29.2 Å². The van der Waals surface area contributed by atoms with Gasteiger partial charge >= 0.3 is 0 Å². The van der Waals surface area contributed by atoms with Crippen molar-refractivity contribution >= 4 is 11.7 Å². The first-order chi connectivity index (χ1) is 13.1. The second-order valence-electron chi connectivity index (χ2n) is 8.04. The van der Waals surface area contributed by atoms with Gasteiger partial charge in [-0.25, -0.2) is 0 Å². The van der Waals surface area contributed by atoms with Gasteiger partial charge in [0.25, 0.3) is 0 Å². The zero-order valence-corrected chi connectivity index (χ0v) is 15.8. The van der Waals surface area contributed by atoms with Crippen molar-refractivity contribution < 1.29 is 14.3 Å². The number of rotatable bonds is 8. The van der Waals surface area contributed by atoms with E-state index < -0.39 is 0 Å². The molecule has 1 aliphatic heterocycles. The van der Waals surface area contributed by atoms with Crippen molar-refractivity contribution in [3.05, 3.63) is 29.8 Å². The van der Waals surface area contributed by atoms with Gasteiger partial charge in [0.15, 0.2) is 5.78 Å². The summed E-state index contributed by atoms with van der Waals surface area (Å²) in [5, 5.41) is 0. The number of amides is 1. The van der Waals surface area contributed by atoms with Gasteiger partial charge in [-0.3, -0.25) is 14.5 Å². The van der Waals surface area contributed by atoms with Gasteiger partial charge in [0.2, 0.25) is 5.91 Å². The van der Waals surface area contributed by atoms with Gasteiger partial charge in [0.1, 0.15) is 5.75 Å². The molecule has 27 heavy (non-hydrogen) atoms. The van der Waals surface area contributed by atoms with Crippen LogP contribution in [0, 0.1) is 11.8 Å². The van der Waals surface area contributed by atoms with Crippen molar-refractivity contribution in [3.63, 3.8) is 0 Å². The van der Waals surface area contributed by atoms with Crippen molar-refractivity contribution in [3.8, 4) is 5.75 Å². The molecule has 0 aromatic heterocycles. The van der Waals surface area contributed by atoms with Crippen LogP contribution >= 0.6 is 0 Å². The highest BCUT2D eigenvalue weighted by atomic mass is 16.5. The molecule has 3 aliphatic rings. The maximum Gasteiger partial charge on any atom is 0.227 e. The number of piperazine rings is 1. The molecule has 0 unspecified atom stereocenters. The molecule has 1 aromatic carbocycles. The molecule has 2 atom stereocenters. The number of hydrogen-bond donors (Lipinski definition) is 1. The molecule has 2 aliphatic carbocycles. The van der Waals surface area contributed by atoms with E-state index in [1.54, 1.807) is 0 Å². The van der Waals surface area contributed by atoms with Crippen LogP contribution in [0.4, 0.5) is 0 Å². The van der Waals surface area contributed by atoms with Crippen LogP contribution < -0.4 is 10.5 Å². The molecule has 1 heterocycles. The monoisotopic (exact) mass is 371 g/mol. The highest BCUT2D eigenvalue weighted by Gasteiger charge is 2.42. The standard InChI is InChI=1S/C21H29N3O3/c22-19-14-18(19)21(26)24-11-9-23(10-12-24)8-1-13-27-17-6-4-16(5-7-17)20(25)15-2-3-15/h4-7,15,18-19H,1-3,8-14,22H2/t18-,19+/m0/s1. The van der Waals surface area contributed by atoms with Crippen LogP contribution in [0.2, 0.25) is 0 Å².